The molecule has 0 fully saturated rings. The van der Waals surface area contributed by atoms with E-state index in [-0.39, 0.29) is 11.8 Å². The third-order valence-electron chi connectivity index (χ3n) is 3.11. The van der Waals surface area contributed by atoms with Crippen molar-refractivity contribution in [2.75, 3.05) is 0 Å². The molecule has 0 spiro atoms. The first-order chi connectivity index (χ1) is 11.1. The smallest absolute Gasteiger partial charge is 0.257 e. The minimum atomic E-state index is -0.445. The predicted molar refractivity (Wildman–Crippen MR) is 75.6 cm³/mol. The number of hydrogen-bond donors (Lipinski definition) is 2. The van der Waals surface area contributed by atoms with E-state index in [0.29, 0.717) is 23.2 Å². The number of carbonyl (C=O) groups is 1. The molecule has 11 heteroatoms. The maximum absolute atomic E-state index is 12.4. The first kappa shape index (κ1) is 14.8. The first-order valence-electron chi connectivity index (χ1n) is 6.97. The van der Waals surface area contributed by atoms with Crippen LogP contribution in [0.2, 0.25) is 0 Å². The Morgan fingerprint density at radius 1 is 1.30 bits per heavy atom. The zero-order valence-electron chi connectivity index (χ0n) is 12.8. The molecule has 3 rings (SSSR count). The van der Waals surface area contributed by atoms with Crippen LogP contribution in [0.3, 0.4) is 0 Å². The number of H-pyrrole nitrogens is 1. The summed E-state index contributed by atoms with van der Waals surface area (Å²) in [5, 5.41) is 28.0. The third-order valence-corrected chi connectivity index (χ3v) is 3.11. The highest BCUT2D eigenvalue weighted by Gasteiger charge is 2.21. The van der Waals surface area contributed by atoms with E-state index >= 15 is 0 Å². The second-order valence-electron chi connectivity index (χ2n) is 5.22. The van der Waals surface area contributed by atoms with Crippen LogP contribution in [0.15, 0.2) is 16.9 Å². The van der Waals surface area contributed by atoms with Crippen molar-refractivity contribution in [3.05, 3.63) is 29.9 Å². The van der Waals surface area contributed by atoms with E-state index in [2.05, 4.69) is 41.2 Å². The van der Waals surface area contributed by atoms with E-state index in [1.165, 1.54) is 17.2 Å². The lowest BCUT2D eigenvalue weighted by Crippen LogP contribution is -2.27. The molecular formula is C12H15N9O2. The van der Waals surface area contributed by atoms with Crippen LogP contribution in [0, 0.1) is 0 Å². The Balaban J connectivity index is 1.75. The van der Waals surface area contributed by atoms with Gasteiger partial charge in [-0.2, -0.15) is 9.78 Å². The van der Waals surface area contributed by atoms with Gasteiger partial charge >= 0.3 is 0 Å². The van der Waals surface area contributed by atoms with Gasteiger partial charge < -0.3 is 9.73 Å². The number of aromatic amines is 1. The van der Waals surface area contributed by atoms with Crippen molar-refractivity contribution in [1.29, 1.82) is 0 Å². The van der Waals surface area contributed by atoms with Gasteiger partial charge in [-0.1, -0.05) is 13.8 Å². The number of carbonyl (C=O) groups excluding carboxylic acids is 1. The van der Waals surface area contributed by atoms with Crippen LogP contribution < -0.4 is 5.32 Å². The van der Waals surface area contributed by atoms with Gasteiger partial charge in [0.05, 0.1) is 6.20 Å². The lowest BCUT2D eigenvalue weighted by molar-refractivity contribution is 0.0933. The van der Waals surface area contributed by atoms with Gasteiger partial charge in [0.2, 0.25) is 11.8 Å². The van der Waals surface area contributed by atoms with Gasteiger partial charge in [-0.25, -0.2) is 0 Å². The van der Waals surface area contributed by atoms with E-state index in [4.69, 9.17) is 4.42 Å². The molecule has 3 aromatic rings. The van der Waals surface area contributed by atoms with E-state index < -0.39 is 6.04 Å². The van der Waals surface area contributed by atoms with Gasteiger partial charge in [0.15, 0.2) is 5.82 Å². The van der Waals surface area contributed by atoms with Crippen molar-refractivity contribution in [1.82, 2.24) is 45.9 Å². The van der Waals surface area contributed by atoms with Crippen LogP contribution in [-0.4, -0.2) is 46.5 Å². The Labute approximate surface area is 130 Å². The van der Waals surface area contributed by atoms with Gasteiger partial charge in [0.25, 0.3) is 5.91 Å². The number of nitrogens with zero attached hydrogens (tertiary/aromatic N) is 7. The highest BCUT2D eigenvalue weighted by atomic mass is 16.4. The number of rotatable bonds is 5. The van der Waals surface area contributed by atoms with Crippen molar-refractivity contribution in [3.63, 3.8) is 0 Å². The fraction of sp³-hybridized carbons (Fsp3) is 0.417. The highest BCUT2D eigenvalue weighted by Crippen LogP contribution is 2.17. The molecule has 0 aliphatic rings. The maximum atomic E-state index is 12.4. The monoisotopic (exact) mass is 317 g/mol. The number of nitrogens with one attached hydrogen (secondary N) is 2. The van der Waals surface area contributed by atoms with Crippen molar-refractivity contribution >= 4 is 5.91 Å². The predicted octanol–water partition coefficient (Wildman–Crippen LogP) is 0.383. The quantitative estimate of drug-likeness (QED) is 0.688. The molecule has 0 radical (unpaired) electrons. The first-order valence-corrected chi connectivity index (χ1v) is 6.97. The van der Waals surface area contributed by atoms with Crippen LogP contribution >= 0.6 is 0 Å². The minimum Gasteiger partial charge on any atom is -0.423 e. The summed E-state index contributed by atoms with van der Waals surface area (Å²) in [6.45, 7) is 5.65. The van der Waals surface area contributed by atoms with Crippen LogP contribution in [0.4, 0.5) is 0 Å². The largest absolute Gasteiger partial charge is 0.423 e. The average molecular weight is 317 g/mol. The van der Waals surface area contributed by atoms with Crippen LogP contribution in [-0.2, 0) is 0 Å². The lowest BCUT2D eigenvalue weighted by atomic mass is 10.2. The Kier molecular flexibility index (Phi) is 3.83. The molecular weight excluding hydrogens is 302 g/mol. The lowest BCUT2D eigenvalue weighted by Gasteiger charge is -2.09. The fourth-order valence-corrected chi connectivity index (χ4v) is 1.87. The standard InChI is InChI=1S/C12H15N9O2/c1-6(2)11-17-18-12(23-11)7(3)15-10(22)8-4-13-16-9(8)21-5-14-19-20-21/h4-7H,1-3H3,(H,13,16)(H,15,22)/t7-/m1/s1. The molecule has 0 unspecified atom stereocenters. The SMILES string of the molecule is CC(C)c1nnc([C@@H](C)NC(=O)c2cn[nH]c2-n2cnnn2)o1. The average Bonchev–Trinajstić information content (AvgIpc) is 3.26. The summed E-state index contributed by atoms with van der Waals surface area (Å²) >= 11 is 0. The van der Waals surface area contributed by atoms with Crippen molar-refractivity contribution in [3.8, 4) is 5.82 Å². The molecule has 1 amide bonds. The summed E-state index contributed by atoms with van der Waals surface area (Å²) in [6, 6.07) is -0.445. The molecule has 0 aliphatic carbocycles. The summed E-state index contributed by atoms with van der Waals surface area (Å²) in [5.41, 5.74) is 0.299. The zero-order valence-corrected chi connectivity index (χ0v) is 12.8. The Morgan fingerprint density at radius 2 is 2.09 bits per heavy atom. The molecule has 0 saturated heterocycles. The van der Waals surface area contributed by atoms with E-state index in [9.17, 15) is 4.79 Å². The second-order valence-corrected chi connectivity index (χ2v) is 5.22. The molecule has 1 atom stereocenters. The fourth-order valence-electron chi connectivity index (χ4n) is 1.87. The molecule has 3 aromatic heterocycles. The van der Waals surface area contributed by atoms with Crippen molar-refractivity contribution in [2.24, 2.45) is 0 Å². The van der Waals surface area contributed by atoms with Gasteiger partial charge in [-0.05, 0) is 17.4 Å². The molecule has 3 heterocycles. The summed E-state index contributed by atoms with van der Waals surface area (Å²) in [6.07, 6.45) is 2.76. The number of tetrazole rings is 1. The van der Waals surface area contributed by atoms with E-state index in [0.717, 1.165) is 0 Å². The summed E-state index contributed by atoms with van der Waals surface area (Å²) in [4.78, 5) is 12.4. The Hall–Kier alpha value is -3.11. The maximum Gasteiger partial charge on any atom is 0.257 e. The number of hydrogen-bond acceptors (Lipinski definition) is 8. The number of amides is 1. The van der Waals surface area contributed by atoms with Crippen LogP contribution in [0.25, 0.3) is 5.82 Å². The summed E-state index contributed by atoms with van der Waals surface area (Å²) in [7, 11) is 0. The molecule has 2 N–H and O–H groups in total. The Bertz CT molecular complexity index is 789. The van der Waals surface area contributed by atoms with Crippen molar-refractivity contribution in [2.45, 2.75) is 32.7 Å². The van der Waals surface area contributed by atoms with Gasteiger partial charge in [0.1, 0.15) is 17.9 Å². The molecule has 0 aromatic carbocycles. The minimum absolute atomic E-state index is 0.124. The molecule has 11 nitrogen and oxygen atoms in total. The van der Waals surface area contributed by atoms with E-state index in [1.54, 1.807) is 6.92 Å². The molecule has 120 valence electrons. The van der Waals surface area contributed by atoms with Crippen LogP contribution in [0.5, 0.6) is 0 Å². The van der Waals surface area contributed by atoms with Gasteiger partial charge in [-0.3, -0.25) is 9.89 Å². The number of aromatic nitrogens is 8. The van der Waals surface area contributed by atoms with Crippen molar-refractivity contribution < 1.29 is 9.21 Å². The van der Waals surface area contributed by atoms with E-state index in [1.807, 2.05) is 13.8 Å². The molecule has 0 aliphatic heterocycles. The third kappa shape index (κ3) is 2.93. The summed E-state index contributed by atoms with van der Waals surface area (Å²) < 4.78 is 6.85. The second kappa shape index (κ2) is 5.94. The van der Waals surface area contributed by atoms with Gasteiger partial charge in [-0.15, -0.1) is 15.3 Å². The molecule has 0 bridgehead atoms. The topological polar surface area (TPSA) is 140 Å². The highest BCUT2D eigenvalue weighted by molar-refractivity contribution is 5.97. The normalized spacial score (nSPS) is 12.5. The summed E-state index contributed by atoms with van der Waals surface area (Å²) in [5.74, 6) is 1.00. The van der Waals surface area contributed by atoms with Crippen LogP contribution in [0.1, 0.15) is 54.9 Å². The molecule has 0 saturated carbocycles. The van der Waals surface area contributed by atoms with Gasteiger partial charge in [0, 0.05) is 5.92 Å². The zero-order chi connectivity index (χ0) is 16.4. The Morgan fingerprint density at radius 3 is 2.74 bits per heavy atom. The molecule has 23 heavy (non-hydrogen) atoms.